The third kappa shape index (κ3) is 5.30. The molecule has 2 aromatic heterocycles. The highest BCUT2D eigenvalue weighted by molar-refractivity contribution is 7.15. The summed E-state index contributed by atoms with van der Waals surface area (Å²) < 4.78 is 38.9. The van der Waals surface area contributed by atoms with E-state index in [9.17, 15) is 28.2 Å². The number of aliphatic carboxylic acids is 1. The van der Waals surface area contributed by atoms with Crippen molar-refractivity contribution in [1.29, 1.82) is 0 Å². The Bertz CT molecular complexity index is 1260. The van der Waals surface area contributed by atoms with E-state index in [0.29, 0.717) is 23.5 Å². The number of halogens is 3. The van der Waals surface area contributed by atoms with E-state index in [1.807, 2.05) is 26.8 Å². The topological polar surface area (TPSA) is 108 Å². The largest absolute Gasteiger partial charge is 0.481 e. The monoisotopic (exact) mass is 506 g/mol. The number of aromatic nitrogens is 3. The van der Waals surface area contributed by atoms with Crippen LogP contribution in [0.4, 0.5) is 24.8 Å². The minimum atomic E-state index is -4.57. The summed E-state index contributed by atoms with van der Waals surface area (Å²) in [6.07, 6.45) is -0.956. The number of rotatable bonds is 5. The summed E-state index contributed by atoms with van der Waals surface area (Å²) in [6, 6.07) is 6.23. The lowest BCUT2D eigenvalue weighted by molar-refractivity contribution is -0.154. The van der Waals surface area contributed by atoms with E-state index in [1.165, 1.54) is 11.3 Å². The first-order valence-corrected chi connectivity index (χ1v) is 11.8. The highest BCUT2D eigenvalue weighted by atomic mass is 32.1. The van der Waals surface area contributed by atoms with Crippen molar-refractivity contribution in [2.75, 3.05) is 5.32 Å². The Balaban J connectivity index is 1.59. The first kappa shape index (κ1) is 25.1. The van der Waals surface area contributed by atoms with Crippen LogP contribution >= 0.6 is 11.3 Å². The number of benzene rings is 1. The Morgan fingerprint density at radius 3 is 2.63 bits per heavy atom. The second-order valence-electron chi connectivity index (χ2n) is 9.63. The zero-order chi connectivity index (χ0) is 25.6. The fourth-order valence-corrected chi connectivity index (χ4v) is 5.72. The lowest BCUT2D eigenvalue weighted by atomic mass is 9.63. The van der Waals surface area contributed by atoms with Crippen molar-refractivity contribution in [2.24, 2.45) is 11.3 Å². The van der Waals surface area contributed by atoms with Gasteiger partial charge in [0.05, 0.1) is 10.8 Å². The fraction of sp³-hybridized carbons (Fsp3) is 0.417. The number of nitrogens with zero attached hydrogens (tertiary/aromatic N) is 3. The molecule has 0 bridgehead atoms. The van der Waals surface area contributed by atoms with Crippen LogP contribution in [0.25, 0.3) is 10.4 Å². The van der Waals surface area contributed by atoms with Gasteiger partial charge in [-0.1, -0.05) is 19.9 Å². The normalized spacial score (nSPS) is 22.1. The Morgan fingerprint density at radius 1 is 1.23 bits per heavy atom. The van der Waals surface area contributed by atoms with Crippen LogP contribution in [0.15, 0.2) is 36.7 Å². The molecule has 0 saturated heterocycles. The molecule has 0 radical (unpaired) electrons. The minimum absolute atomic E-state index is 0.173. The molecule has 0 aliphatic heterocycles. The number of hydrogen-bond donors (Lipinski definition) is 3. The first-order valence-electron chi connectivity index (χ1n) is 11.0. The number of nitrogens with one attached hydrogen (secondary N) is 1. The van der Waals surface area contributed by atoms with E-state index in [4.69, 9.17) is 0 Å². The van der Waals surface area contributed by atoms with Crippen molar-refractivity contribution in [3.63, 3.8) is 0 Å². The number of aliphatic hydroxyl groups is 1. The summed E-state index contributed by atoms with van der Waals surface area (Å²) in [6.45, 7) is 5.55. The molecule has 186 valence electrons. The molecule has 35 heavy (non-hydrogen) atoms. The van der Waals surface area contributed by atoms with Crippen LogP contribution in [0.3, 0.4) is 0 Å². The third-order valence-corrected chi connectivity index (χ3v) is 7.54. The van der Waals surface area contributed by atoms with Crippen LogP contribution in [0.2, 0.25) is 0 Å². The quantitative estimate of drug-likeness (QED) is 0.403. The molecule has 4 rings (SSSR count). The third-order valence-electron chi connectivity index (χ3n) is 6.30. The standard InChI is InChI=1S/C24H25F3N4O3S/c1-13-8-14(10-15(9-13)30-21-28-7-5-18(31-21)24(25,26)27)17-11-29-20(35-17)23(34)6-4-16(19(32)33)22(2,3)12-23/h5,7-11,16,34H,4,6,12H2,1-3H3,(H,32,33)(H,28,30,31). The van der Waals surface area contributed by atoms with E-state index in [1.54, 1.807) is 18.3 Å². The second-order valence-corrected chi connectivity index (χ2v) is 10.7. The molecule has 1 saturated carbocycles. The molecule has 0 amide bonds. The maximum atomic E-state index is 13.0. The maximum absolute atomic E-state index is 13.0. The molecule has 3 N–H and O–H groups in total. The first-order chi connectivity index (χ1) is 16.3. The van der Waals surface area contributed by atoms with Gasteiger partial charge in [-0.25, -0.2) is 15.0 Å². The Hall–Kier alpha value is -3.05. The summed E-state index contributed by atoms with van der Waals surface area (Å²) >= 11 is 1.31. The van der Waals surface area contributed by atoms with Crippen molar-refractivity contribution >= 4 is 28.9 Å². The second kappa shape index (κ2) is 8.87. The lowest BCUT2D eigenvalue weighted by Crippen LogP contribution is -2.44. The SMILES string of the molecule is Cc1cc(Nc2nccc(C(F)(F)F)n2)cc(-c2cnc(C3(O)CCC(C(=O)O)C(C)(C)C3)s2)c1. The number of carboxylic acid groups (broad SMARTS) is 1. The molecule has 1 aliphatic rings. The van der Waals surface area contributed by atoms with Crippen LogP contribution in [-0.2, 0) is 16.6 Å². The van der Waals surface area contributed by atoms with Crippen LogP contribution < -0.4 is 5.32 Å². The molecule has 2 heterocycles. The van der Waals surface area contributed by atoms with E-state index in [-0.39, 0.29) is 12.4 Å². The maximum Gasteiger partial charge on any atom is 0.433 e. The summed E-state index contributed by atoms with van der Waals surface area (Å²) in [5, 5.41) is 24.2. The number of aryl methyl sites for hydroxylation is 1. The van der Waals surface area contributed by atoms with E-state index in [2.05, 4.69) is 20.3 Å². The summed E-state index contributed by atoms with van der Waals surface area (Å²) in [7, 11) is 0. The molecule has 1 fully saturated rings. The van der Waals surface area contributed by atoms with Crippen LogP contribution in [0, 0.1) is 18.3 Å². The number of carbonyl (C=O) groups is 1. The van der Waals surface area contributed by atoms with Crippen LogP contribution in [0.1, 0.15) is 49.4 Å². The molecule has 1 aromatic carbocycles. The number of thiazole rings is 1. The van der Waals surface area contributed by atoms with Crippen molar-refractivity contribution < 1.29 is 28.2 Å². The highest BCUT2D eigenvalue weighted by Crippen LogP contribution is 2.51. The van der Waals surface area contributed by atoms with Gasteiger partial charge in [0.25, 0.3) is 0 Å². The van der Waals surface area contributed by atoms with Crippen molar-refractivity contribution in [1.82, 2.24) is 15.0 Å². The lowest BCUT2D eigenvalue weighted by Gasteiger charge is -2.44. The molecule has 0 spiro atoms. The molecule has 2 atom stereocenters. The van der Waals surface area contributed by atoms with Crippen LogP contribution in [0.5, 0.6) is 0 Å². The van der Waals surface area contributed by atoms with Gasteiger partial charge in [0, 0.05) is 18.1 Å². The highest BCUT2D eigenvalue weighted by Gasteiger charge is 2.49. The van der Waals surface area contributed by atoms with Gasteiger partial charge >= 0.3 is 12.1 Å². The van der Waals surface area contributed by atoms with Gasteiger partial charge in [-0.2, -0.15) is 13.2 Å². The van der Waals surface area contributed by atoms with E-state index in [0.717, 1.165) is 28.3 Å². The minimum Gasteiger partial charge on any atom is -0.481 e. The molecular formula is C24H25F3N4O3S. The van der Waals surface area contributed by atoms with Gasteiger partial charge in [0.15, 0.2) is 0 Å². The van der Waals surface area contributed by atoms with Crippen molar-refractivity contribution in [3.05, 3.63) is 52.9 Å². The summed E-state index contributed by atoms with van der Waals surface area (Å²) in [5.41, 5.74) is -0.732. The van der Waals surface area contributed by atoms with E-state index >= 15 is 0 Å². The predicted molar refractivity (Wildman–Crippen MR) is 125 cm³/mol. The Morgan fingerprint density at radius 2 is 1.97 bits per heavy atom. The molecule has 2 unspecified atom stereocenters. The smallest absolute Gasteiger partial charge is 0.433 e. The number of hydrogen-bond acceptors (Lipinski definition) is 7. The number of carboxylic acids is 1. The van der Waals surface area contributed by atoms with Crippen molar-refractivity contribution in [3.8, 4) is 10.4 Å². The Kier molecular flexibility index (Phi) is 6.35. The summed E-state index contributed by atoms with van der Waals surface area (Å²) in [4.78, 5) is 24.3. The average molecular weight is 507 g/mol. The molecular weight excluding hydrogens is 481 g/mol. The molecule has 11 heteroatoms. The molecule has 3 aromatic rings. The zero-order valence-corrected chi connectivity index (χ0v) is 20.2. The Labute approximate surface area is 204 Å². The van der Waals surface area contributed by atoms with Gasteiger partial charge in [0.1, 0.15) is 16.3 Å². The van der Waals surface area contributed by atoms with Gasteiger partial charge < -0.3 is 15.5 Å². The van der Waals surface area contributed by atoms with Gasteiger partial charge in [-0.05, 0) is 60.9 Å². The predicted octanol–water partition coefficient (Wildman–Crippen LogP) is 5.77. The molecule has 7 nitrogen and oxygen atoms in total. The zero-order valence-electron chi connectivity index (χ0n) is 19.3. The van der Waals surface area contributed by atoms with Crippen molar-refractivity contribution in [2.45, 2.75) is 51.8 Å². The number of alkyl halides is 3. The number of anilines is 2. The van der Waals surface area contributed by atoms with E-state index < -0.39 is 34.8 Å². The van der Waals surface area contributed by atoms with Crippen LogP contribution in [-0.4, -0.2) is 31.1 Å². The average Bonchev–Trinajstić information content (AvgIpc) is 3.23. The summed E-state index contributed by atoms with van der Waals surface area (Å²) in [5.74, 6) is -1.57. The molecule has 1 aliphatic carbocycles. The van der Waals surface area contributed by atoms with Gasteiger partial charge in [-0.3, -0.25) is 4.79 Å². The van der Waals surface area contributed by atoms with Gasteiger partial charge in [0.2, 0.25) is 5.95 Å². The van der Waals surface area contributed by atoms with Gasteiger partial charge in [-0.15, -0.1) is 11.3 Å². The fourth-order valence-electron chi connectivity index (χ4n) is 4.71.